The lowest BCUT2D eigenvalue weighted by atomic mass is 10.2. The molecule has 0 fully saturated rings. The minimum absolute atomic E-state index is 0.0856. The number of hydrogen-bond donors (Lipinski definition) is 2. The maximum absolute atomic E-state index is 12.4. The third kappa shape index (κ3) is 1.67. The third-order valence-corrected chi connectivity index (χ3v) is 2.69. The number of rotatable bonds is 2. The molecule has 1 aromatic carbocycles. The Bertz CT molecular complexity index is 568. The van der Waals surface area contributed by atoms with Crippen LogP contribution in [0.2, 0.25) is 0 Å². The molecule has 0 saturated carbocycles. The molecule has 7 heteroatoms. The van der Waals surface area contributed by atoms with Gasteiger partial charge >= 0.3 is 5.97 Å². The molecule has 2 rings (SSSR count). The van der Waals surface area contributed by atoms with Gasteiger partial charge in [-0.3, -0.25) is 0 Å². The molecule has 16 heavy (non-hydrogen) atoms. The number of alkyl halides is 2. The number of aromatic carboxylic acids is 1. The molecule has 2 aromatic rings. The monoisotopic (exact) mass is 290 g/mol. The Morgan fingerprint density at radius 3 is 2.75 bits per heavy atom. The number of aromatic nitrogens is 2. The molecule has 1 heterocycles. The fourth-order valence-electron chi connectivity index (χ4n) is 1.36. The van der Waals surface area contributed by atoms with E-state index < -0.39 is 18.2 Å². The molecule has 0 saturated heterocycles. The fraction of sp³-hybridized carbons (Fsp3) is 0.111. The summed E-state index contributed by atoms with van der Waals surface area (Å²) in [6.07, 6.45) is -2.76. The molecular weight excluding hydrogens is 286 g/mol. The van der Waals surface area contributed by atoms with E-state index in [0.29, 0.717) is 4.47 Å². The first-order valence-electron chi connectivity index (χ1n) is 4.20. The summed E-state index contributed by atoms with van der Waals surface area (Å²) in [4.78, 5) is 16.8. The van der Waals surface area contributed by atoms with Gasteiger partial charge in [0.2, 0.25) is 0 Å². The third-order valence-electron chi connectivity index (χ3n) is 2.05. The van der Waals surface area contributed by atoms with Crippen LogP contribution in [0.1, 0.15) is 22.6 Å². The summed E-state index contributed by atoms with van der Waals surface area (Å²) in [5, 5.41) is 8.87. The van der Waals surface area contributed by atoms with Gasteiger partial charge in [0, 0.05) is 4.47 Å². The Kier molecular flexibility index (Phi) is 2.63. The highest BCUT2D eigenvalue weighted by Gasteiger charge is 2.18. The summed E-state index contributed by atoms with van der Waals surface area (Å²) in [6, 6.07) is 2.78. The van der Waals surface area contributed by atoms with Crippen molar-refractivity contribution in [3.8, 4) is 0 Å². The van der Waals surface area contributed by atoms with Gasteiger partial charge < -0.3 is 10.1 Å². The SMILES string of the molecule is O=C(O)c1ccc(Br)c2nc(C(F)F)[nH]c12. The van der Waals surface area contributed by atoms with Crippen molar-refractivity contribution in [1.82, 2.24) is 9.97 Å². The Hall–Kier alpha value is -1.50. The number of halogens is 3. The molecule has 2 N–H and O–H groups in total. The molecule has 0 atom stereocenters. The molecule has 0 amide bonds. The van der Waals surface area contributed by atoms with Gasteiger partial charge in [-0.15, -0.1) is 0 Å². The number of carboxylic acid groups (broad SMARTS) is 1. The van der Waals surface area contributed by atoms with Crippen molar-refractivity contribution < 1.29 is 18.7 Å². The second-order valence-corrected chi connectivity index (χ2v) is 3.90. The summed E-state index contributed by atoms with van der Waals surface area (Å²) >= 11 is 3.12. The average Bonchev–Trinajstić information content (AvgIpc) is 2.62. The number of carbonyl (C=O) groups is 1. The predicted molar refractivity (Wildman–Crippen MR) is 55.7 cm³/mol. The molecule has 0 aliphatic heterocycles. The van der Waals surface area contributed by atoms with E-state index in [2.05, 4.69) is 25.9 Å². The molecule has 0 aliphatic carbocycles. The molecule has 84 valence electrons. The summed E-state index contributed by atoms with van der Waals surface area (Å²) < 4.78 is 25.3. The van der Waals surface area contributed by atoms with Crippen LogP contribution in [-0.2, 0) is 0 Å². The molecule has 0 aliphatic rings. The second-order valence-electron chi connectivity index (χ2n) is 3.05. The zero-order valence-corrected chi connectivity index (χ0v) is 9.25. The number of nitrogens with one attached hydrogen (secondary N) is 1. The molecule has 4 nitrogen and oxygen atoms in total. The van der Waals surface area contributed by atoms with Crippen molar-refractivity contribution >= 4 is 32.9 Å². The Morgan fingerprint density at radius 2 is 2.19 bits per heavy atom. The van der Waals surface area contributed by atoms with Crippen LogP contribution < -0.4 is 0 Å². The number of carboxylic acids is 1. The standard InChI is InChI=1S/C9H5BrF2N2O2/c10-4-2-1-3(9(15)16)5-6(4)14-8(13-5)7(11)12/h1-2,7H,(H,13,14)(H,15,16). The first-order valence-corrected chi connectivity index (χ1v) is 4.99. The first kappa shape index (κ1) is 11.0. The van der Waals surface area contributed by atoms with Crippen molar-refractivity contribution in [2.75, 3.05) is 0 Å². The summed E-state index contributed by atoms with van der Waals surface area (Å²) in [6.45, 7) is 0. The number of aromatic amines is 1. The zero-order chi connectivity index (χ0) is 11.9. The summed E-state index contributed by atoms with van der Waals surface area (Å²) in [7, 11) is 0. The van der Waals surface area contributed by atoms with Crippen molar-refractivity contribution in [3.05, 3.63) is 28.0 Å². The van der Waals surface area contributed by atoms with E-state index >= 15 is 0 Å². The van der Waals surface area contributed by atoms with E-state index in [1.807, 2.05) is 0 Å². The van der Waals surface area contributed by atoms with Gasteiger partial charge in [-0.05, 0) is 28.1 Å². The zero-order valence-electron chi connectivity index (χ0n) is 7.67. The Morgan fingerprint density at radius 1 is 1.50 bits per heavy atom. The quantitative estimate of drug-likeness (QED) is 0.894. The van der Waals surface area contributed by atoms with Crippen molar-refractivity contribution in [1.29, 1.82) is 0 Å². The Labute approximate surface area is 96.4 Å². The number of hydrogen-bond acceptors (Lipinski definition) is 2. The highest BCUT2D eigenvalue weighted by Crippen LogP contribution is 2.28. The number of H-pyrrole nitrogens is 1. The van der Waals surface area contributed by atoms with Crippen LogP contribution in [0, 0.1) is 0 Å². The lowest BCUT2D eigenvalue weighted by molar-refractivity contribution is 0.0698. The van der Waals surface area contributed by atoms with Crippen molar-refractivity contribution in [3.63, 3.8) is 0 Å². The van der Waals surface area contributed by atoms with E-state index in [0.717, 1.165) is 0 Å². The van der Waals surface area contributed by atoms with Crippen LogP contribution in [0.5, 0.6) is 0 Å². The van der Waals surface area contributed by atoms with Crippen molar-refractivity contribution in [2.45, 2.75) is 6.43 Å². The molecule has 0 spiro atoms. The van der Waals surface area contributed by atoms with Gasteiger partial charge in [0.15, 0.2) is 5.82 Å². The van der Waals surface area contributed by atoms with E-state index in [4.69, 9.17) is 5.11 Å². The van der Waals surface area contributed by atoms with E-state index in [9.17, 15) is 13.6 Å². The van der Waals surface area contributed by atoms with Crippen LogP contribution in [0.25, 0.3) is 11.0 Å². The minimum atomic E-state index is -2.76. The molecular formula is C9H5BrF2N2O2. The highest BCUT2D eigenvalue weighted by atomic mass is 79.9. The van der Waals surface area contributed by atoms with Gasteiger partial charge in [0.05, 0.1) is 11.1 Å². The smallest absolute Gasteiger partial charge is 0.337 e. The van der Waals surface area contributed by atoms with Crippen LogP contribution in [0.4, 0.5) is 8.78 Å². The van der Waals surface area contributed by atoms with Crippen LogP contribution in [0.3, 0.4) is 0 Å². The van der Waals surface area contributed by atoms with Crippen molar-refractivity contribution in [2.24, 2.45) is 0 Å². The summed E-state index contributed by atoms with van der Waals surface area (Å²) in [5.41, 5.74) is 0.199. The van der Waals surface area contributed by atoms with Crippen LogP contribution in [-0.4, -0.2) is 21.0 Å². The molecule has 0 unspecified atom stereocenters. The van der Waals surface area contributed by atoms with Gasteiger partial charge in [0.25, 0.3) is 6.43 Å². The van der Waals surface area contributed by atoms with Gasteiger partial charge in [0.1, 0.15) is 5.52 Å². The van der Waals surface area contributed by atoms with Gasteiger partial charge in [-0.1, -0.05) is 0 Å². The van der Waals surface area contributed by atoms with E-state index in [1.165, 1.54) is 12.1 Å². The lowest BCUT2D eigenvalue weighted by Gasteiger charge is -1.97. The number of nitrogens with zero attached hydrogens (tertiary/aromatic N) is 1. The summed E-state index contributed by atoms with van der Waals surface area (Å²) in [5.74, 6) is -1.73. The maximum atomic E-state index is 12.4. The van der Waals surface area contributed by atoms with Crippen LogP contribution >= 0.6 is 15.9 Å². The van der Waals surface area contributed by atoms with Gasteiger partial charge in [-0.25, -0.2) is 18.6 Å². The topological polar surface area (TPSA) is 66.0 Å². The lowest BCUT2D eigenvalue weighted by Crippen LogP contribution is -1.97. The number of imidazole rings is 1. The number of fused-ring (bicyclic) bond motifs is 1. The average molecular weight is 291 g/mol. The predicted octanol–water partition coefficient (Wildman–Crippen LogP) is 2.96. The van der Waals surface area contributed by atoms with Gasteiger partial charge in [-0.2, -0.15) is 0 Å². The molecule has 1 aromatic heterocycles. The van der Waals surface area contributed by atoms with Crippen LogP contribution in [0.15, 0.2) is 16.6 Å². The number of benzene rings is 1. The van der Waals surface area contributed by atoms with E-state index in [-0.39, 0.29) is 16.6 Å². The minimum Gasteiger partial charge on any atom is -0.478 e. The molecule has 0 radical (unpaired) electrons. The first-order chi connectivity index (χ1) is 7.50. The maximum Gasteiger partial charge on any atom is 0.337 e. The molecule has 0 bridgehead atoms. The largest absolute Gasteiger partial charge is 0.478 e. The Balaban J connectivity index is 2.77. The normalized spacial score (nSPS) is 11.2. The highest BCUT2D eigenvalue weighted by molar-refractivity contribution is 9.10. The fourth-order valence-corrected chi connectivity index (χ4v) is 1.78. The second kappa shape index (κ2) is 3.82. The van der Waals surface area contributed by atoms with E-state index in [1.54, 1.807) is 0 Å².